The highest BCUT2D eigenvalue weighted by Gasteiger charge is 2.03. The fraction of sp³-hybridized carbons (Fsp3) is 0.538. The second-order valence-electron chi connectivity index (χ2n) is 3.84. The molecule has 3 heteroatoms. The van der Waals surface area contributed by atoms with E-state index in [9.17, 15) is 0 Å². The van der Waals surface area contributed by atoms with Gasteiger partial charge < -0.3 is 10.1 Å². The van der Waals surface area contributed by atoms with E-state index < -0.39 is 0 Å². The number of rotatable bonds is 7. The zero-order valence-electron chi connectivity index (χ0n) is 10.1. The largest absolute Gasteiger partial charge is 0.493 e. The zero-order valence-corrected chi connectivity index (χ0v) is 11.6. The zero-order chi connectivity index (χ0) is 11.8. The monoisotopic (exact) mass is 285 g/mol. The molecule has 1 rings (SSSR count). The van der Waals surface area contributed by atoms with Gasteiger partial charge in [0.05, 0.1) is 6.61 Å². The number of benzene rings is 1. The molecular formula is C13H20BrNO. The lowest BCUT2D eigenvalue weighted by molar-refractivity contribution is 0.302. The minimum atomic E-state index is 0.812. The van der Waals surface area contributed by atoms with Crippen LogP contribution in [0.15, 0.2) is 22.7 Å². The van der Waals surface area contributed by atoms with Crippen LogP contribution in [0, 0.1) is 0 Å². The highest BCUT2D eigenvalue weighted by molar-refractivity contribution is 9.10. The lowest BCUT2D eigenvalue weighted by Gasteiger charge is -2.11. The van der Waals surface area contributed by atoms with Gasteiger partial charge in [-0.1, -0.05) is 35.7 Å². The van der Waals surface area contributed by atoms with E-state index >= 15 is 0 Å². The predicted molar refractivity (Wildman–Crippen MR) is 71.9 cm³/mol. The van der Waals surface area contributed by atoms with Crippen LogP contribution in [0.25, 0.3) is 0 Å². The van der Waals surface area contributed by atoms with Crippen LogP contribution in [0.1, 0.15) is 31.7 Å². The summed E-state index contributed by atoms with van der Waals surface area (Å²) in [6.07, 6.45) is 3.59. The number of ether oxygens (including phenoxy) is 1. The van der Waals surface area contributed by atoms with Gasteiger partial charge in [-0.05, 0) is 31.7 Å². The Balaban J connectivity index is 2.56. The summed E-state index contributed by atoms with van der Waals surface area (Å²) in [5, 5.41) is 3.15. The first-order valence-electron chi connectivity index (χ1n) is 5.83. The van der Waals surface area contributed by atoms with Gasteiger partial charge in [0.25, 0.3) is 0 Å². The molecule has 0 unspecified atom stereocenters. The SMILES string of the molecule is CCCCCOc1ccc(Br)cc1CNC. The number of halogens is 1. The van der Waals surface area contributed by atoms with Gasteiger partial charge in [-0.3, -0.25) is 0 Å². The van der Waals surface area contributed by atoms with E-state index in [4.69, 9.17) is 4.74 Å². The molecule has 2 nitrogen and oxygen atoms in total. The van der Waals surface area contributed by atoms with Crippen molar-refractivity contribution in [3.8, 4) is 5.75 Å². The van der Waals surface area contributed by atoms with E-state index in [1.165, 1.54) is 18.4 Å². The van der Waals surface area contributed by atoms with E-state index in [0.717, 1.165) is 29.8 Å². The van der Waals surface area contributed by atoms with E-state index in [0.29, 0.717) is 0 Å². The minimum absolute atomic E-state index is 0.812. The third-order valence-corrected chi connectivity index (χ3v) is 2.89. The van der Waals surface area contributed by atoms with Crippen molar-refractivity contribution in [3.05, 3.63) is 28.2 Å². The quantitative estimate of drug-likeness (QED) is 0.771. The molecule has 0 aliphatic carbocycles. The summed E-state index contributed by atoms with van der Waals surface area (Å²) in [6.45, 7) is 3.85. The van der Waals surface area contributed by atoms with Crippen molar-refractivity contribution < 1.29 is 4.74 Å². The van der Waals surface area contributed by atoms with Crippen LogP contribution in [0.4, 0.5) is 0 Å². The summed E-state index contributed by atoms with van der Waals surface area (Å²) in [5.41, 5.74) is 1.20. The smallest absolute Gasteiger partial charge is 0.123 e. The standard InChI is InChI=1S/C13H20BrNO/c1-3-4-5-8-16-13-7-6-12(14)9-11(13)10-15-2/h6-7,9,15H,3-5,8,10H2,1-2H3. The average Bonchev–Trinajstić information content (AvgIpc) is 2.27. The topological polar surface area (TPSA) is 21.3 Å². The fourth-order valence-corrected chi connectivity index (χ4v) is 1.96. The number of unbranched alkanes of at least 4 members (excludes halogenated alkanes) is 2. The van der Waals surface area contributed by atoms with Crippen molar-refractivity contribution in [2.24, 2.45) is 0 Å². The first kappa shape index (κ1) is 13.5. The van der Waals surface area contributed by atoms with Crippen molar-refractivity contribution >= 4 is 15.9 Å². The van der Waals surface area contributed by atoms with Gasteiger partial charge in [0.2, 0.25) is 0 Å². The lowest BCUT2D eigenvalue weighted by atomic mass is 10.2. The Labute approximate surface area is 107 Å². The Morgan fingerprint density at radius 1 is 1.31 bits per heavy atom. The van der Waals surface area contributed by atoms with E-state index in [2.05, 4.69) is 34.2 Å². The number of hydrogen-bond donors (Lipinski definition) is 1. The van der Waals surface area contributed by atoms with Crippen LogP contribution < -0.4 is 10.1 Å². The van der Waals surface area contributed by atoms with Crippen molar-refractivity contribution in [1.29, 1.82) is 0 Å². The Bertz CT molecular complexity index is 315. The van der Waals surface area contributed by atoms with Gasteiger partial charge >= 0.3 is 0 Å². The molecule has 0 saturated heterocycles. The summed E-state index contributed by atoms with van der Waals surface area (Å²) < 4.78 is 6.88. The van der Waals surface area contributed by atoms with Gasteiger partial charge in [0.15, 0.2) is 0 Å². The Morgan fingerprint density at radius 3 is 2.81 bits per heavy atom. The maximum Gasteiger partial charge on any atom is 0.123 e. The molecule has 0 atom stereocenters. The summed E-state index contributed by atoms with van der Waals surface area (Å²) in [6, 6.07) is 6.16. The predicted octanol–water partition coefficient (Wildman–Crippen LogP) is 3.74. The molecule has 0 fully saturated rings. The molecule has 0 amide bonds. The first-order valence-corrected chi connectivity index (χ1v) is 6.63. The molecule has 1 N–H and O–H groups in total. The molecule has 0 spiro atoms. The maximum atomic E-state index is 5.79. The molecule has 0 saturated carbocycles. The molecular weight excluding hydrogens is 266 g/mol. The van der Waals surface area contributed by atoms with E-state index in [1.54, 1.807) is 0 Å². The highest BCUT2D eigenvalue weighted by atomic mass is 79.9. The fourth-order valence-electron chi connectivity index (χ4n) is 1.55. The van der Waals surface area contributed by atoms with Crippen LogP contribution in [-0.4, -0.2) is 13.7 Å². The van der Waals surface area contributed by atoms with Crippen LogP contribution in [-0.2, 0) is 6.54 Å². The highest BCUT2D eigenvalue weighted by Crippen LogP contribution is 2.23. The van der Waals surface area contributed by atoms with Crippen LogP contribution in [0.3, 0.4) is 0 Å². The second kappa shape index (κ2) is 7.69. The molecule has 90 valence electrons. The maximum absolute atomic E-state index is 5.79. The van der Waals surface area contributed by atoms with Crippen molar-refractivity contribution in [2.45, 2.75) is 32.7 Å². The summed E-state index contributed by atoms with van der Waals surface area (Å²) in [7, 11) is 1.95. The van der Waals surface area contributed by atoms with Crippen LogP contribution in [0.2, 0.25) is 0 Å². The average molecular weight is 286 g/mol. The van der Waals surface area contributed by atoms with Gasteiger partial charge in [-0.15, -0.1) is 0 Å². The molecule has 1 aromatic carbocycles. The Kier molecular flexibility index (Phi) is 6.50. The van der Waals surface area contributed by atoms with Crippen molar-refractivity contribution in [2.75, 3.05) is 13.7 Å². The molecule has 0 radical (unpaired) electrons. The molecule has 0 heterocycles. The summed E-state index contributed by atoms with van der Waals surface area (Å²) in [4.78, 5) is 0. The van der Waals surface area contributed by atoms with Crippen LogP contribution >= 0.6 is 15.9 Å². The molecule has 0 aliphatic heterocycles. The van der Waals surface area contributed by atoms with E-state index in [-0.39, 0.29) is 0 Å². The normalized spacial score (nSPS) is 10.4. The number of nitrogens with one attached hydrogen (secondary N) is 1. The van der Waals surface area contributed by atoms with Crippen molar-refractivity contribution in [1.82, 2.24) is 5.32 Å². The van der Waals surface area contributed by atoms with Crippen LogP contribution in [0.5, 0.6) is 5.75 Å². The third-order valence-electron chi connectivity index (χ3n) is 2.40. The summed E-state index contributed by atoms with van der Waals surface area (Å²) in [5.74, 6) is 0.994. The minimum Gasteiger partial charge on any atom is -0.493 e. The molecule has 0 aromatic heterocycles. The van der Waals surface area contributed by atoms with Crippen molar-refractivity contribution in [3.63, 3.8) is 0 Å². The van der Waals surface area contributed by atoms with Gasteiger partial charge in [-0.2, -0.15) is 0 Å². The molecule has 0 aliphatic rings. The van der Waals surface area contributed by atoms with E-state index in [1.807, 2.05) is 19.2 Å². The van der Waals surface area contributed by atoms with Gasteiger partial charge in [-0.25, -0.2) is 0 Å². The van der Waals surface area contributed by atoms with Gasteiger partial charge in [0.1, 0.15) is 5.75 Å². The molecule has 0 bridgehead atoms. The molecule has 16 heavy (non-hydrogen) atoms. The first-order chi connectivity index (χ1) is 7.77. The second-order valence-corrected chi connectivity index (χ2v) is 4.75. The summed E-state index contributed by atoms with van der Waals surface area (Å²) >= 11 is 3.48. The number of hydrogen-bond acceptors (Lipinski definition) is 2. The van der Waals surface area contributed by atoms with Gasteiger partial charge in [0, 0.05) is 16.6 Å². The third kappa shape index (κ3) is 4.54. The Morgan fingerprint density at radius 2 is 2.12 bits per heavy atom. The Hall–Kier alpha value is -0.540. The lowest BCUT2D eigenvalue weighted by Crippen LogP contribution is -2.08. The molecule has 1 aromatic rings.